The molecule has 0 aliphatic carbocycles. The van der Waals surface area contributed by atoms with Crippen LogP contribution in [0.25, 0.3) is 5.69 Å². The SMILES string of the molecule is S=c1cn[nH]n1-c1ccccc1.[H-].[Na+]. The minimum absolute atomic E-state index is 0. The van der Waals surface area contributed by atoms with Crippen molar-refractivity contribution < 1.29 is 31.0 Å². The van der Waals surface area contributed by atoms with Gasteiger partial charge in [0.05, 0.1) is 11.9 Å². The molecule has 2 aromatic rings. The Morgan fingerprint density at radius 1 is 1.31 bits per heavy atom. The van der Waals surface area contributed by atoms with E-state index in [9.17, 15) is 0 Å². The number of para-hydroxylation sites is 1. The van der Waals surface area contributed by atoms with Crippen molar-refractivity contribution in [3.8, 4) is 5.69 Å². The average molecular weight is 201 g/mol. The third-order valence-electron chi connectivity index (χ3n) is 1.57. The van der Waals surface area contributed by atoms with Crippen LogP contribution in [-0.2, 0) is 0 Å². The molecule has 13 heavy (non-hydrogen) atoms. The van der Waals surface area contributed by atoms with Gasteiger partial charge in [0.1, 0.15) is 4.64 Å². The average Bonchev–Trinajstić information content (AvgIpc) is 2.53. The predicted molar refractivity (Wildman–Crippen MR) is 49.9 cm³/mol. The molecule has 0 amide bonds. The summed E-state index contributed by atoms with van der Waals surface area (Å²) in [6.45, 7) is 0. The normalized spacial score (nSPS) is 9.23. The first-order chi connectivity index (χ1) is 5.88. The van der Waals surface area contributed by atoms with Crippen LogP contribution in [0.1, 0.15) is 1.43 Å². The van der Waals surface area contributed by atoms with Crippen molar-refractivity contribution in [3.63, 3.8) is 0 Å². The van der Waals surface area contributed by atoms with Gasteiger partial charge in [0.2, 0.25) is 0 Å². The second-order valence-electron chi connectivity index (χ2n) is 2.37. The van der Waals surface area contributed by atoms with Crippen molar-refractivity contribution in [2.75, 3.05) is 0 Å². The zero-order chi connectivity index (χ0) is 8.39. The van der Waals surface area contributed by atoms with Gasteiger partial charge in [0.25, 0.3) is 0 Å². The number of H-pyrrole nitrogens is 1. The van der Waals surface area contributed by atoms with Crippen LogP contribution in [0.15, 0.2) is 36.5 Å². The van der Waals surface area contributed by atoms with Gasteiger partial charge >= 0.3 is 29.6 Å². The van der Waals surface area contributed by atoms with E-state index in [1.165, 1.54) is 0 Å². The topological polar surface area (TPSA) is 33.6 Å². The molecule has 0 saturated carbocycles. The van der Waals surface area contributed by atoms with Crippen LogP contribution in [0, 0.1) is 4.64 Å². The van der Waals surface area contributed by atoms with Gasteiger partial charge in [-0.15, -0.1) is 0 Å². The van der Waals surface area contributed by atoms with Crippen molar-refractivity contribution in [1.29, 1.82) is 0 Å². The van der Waals surface area contributed by atoms with Crippen molar-refractivity contribution in [1.82, 2.24) is 15.0 Å². The number of hydrogen-bond donors (Lipinski definition) is 1. The van der Waals surface area contributed by atoms with E-state index < -0.39 is 0 Å². The maximum absolute atomic E-state index is 5.04. The summed E-state index contributed by atoms with van der Waals surface area (Å²) in [5, 5.41) is 6.62. The van der Waals surface area contributed by atoms with E-state index in [2.05, 4.69) is 10.3 Å². The molecule has 1 N–H and O–H groups in total. The van der Waals surface area contributed by atoms with E-state index >= 15 is 0 Å². The number of aromatic amines is 1. The molecule has 0 unspecified atom stereocenters. The van der Waals surface area contributed by atoms with E-state index in [4.69, 9.17) is 12.2 Å². The summed E-state index contributed by atoms with van der Waals surface area (Å²) in [5.74, 6) is 0. The molecule has 0 bridgehead atoms. The number of nitrogens with zero attached hydrogens (tertiary/aromatic N) is 2. The van der Waals surface area contributed by atoms with Crippen LogP contribution in [-0.4, -0.2) is 15.0 Å². The molecule has 0 aliphatic heterocycles. The molecule has 2 rings (SSSR count). The van der Waals surface area contributed by atoms with Gasteiger partial charge in [-0.05, 0) is 12.1 Å². The summed E-state index contributed by atoms with van der Waals surface area (Å²) in [5.41, 5.74) is 1.00. The first-order valence-corrected chi connectivity index (χ1v) is 3.96. The first-order valence-electron chi connectivity index (χ1n) is 3.56. The van der Waals surface area contributed by atoms with Crippen molar-refractivity contribution in [2.45, 2.75) is 0 Å². The van der Waals surface area contributed by atoms with Gasteiger partial charge in [-0.25, -0.2) is 9.90 Å². The molecule has 1 aromatic carbocycles. The summed E-state index contributed by atoms with van der Waals surface area (Å²) in [4.78, 5) is 0. The molecule has 3 nitrogen and oxygen atoms in total. The third-order valence-corrected chi connectivity index (χ3v) is 1.86. The summed E-state index contributed by atoms with van der Waals surface area (Å²) >= 11 is 5.04. The van der Waals surface area contributed by atoms with Crippen LogP contribution in [0.5, 0.6) is 0 Å². The number of rotatable bonds is 1. The zero-order valence-electron chi connectivity index (χ0n) is 8.27. The van der Waals surface area contributed by atoms with Gasteiger partial charge in [0, 0.05) is 0 Å². The molecule has 5 heteroatoms. The monoisotopic (exact) mass is 201 g/mol. The van der Waals surface area contributed by atoms with Gasteiger partial charge in [-0.2, -0.15) is 5.10 Å². The standard InChI is InChI=1S/C8H7N3S.Na.H/c12-8-6-9-10-11(8)7-4-2-1-3-5-7;;/h1-6,10H;;/q;+1;-1. The Morgan fingerprint density at radius 3 is 2.54 bits per heavy atom. The summed E-state index contributed by atoms with van der Waals surface area (Å²) in [7, 11) is 0. The summed E-state index contributed by atoms with van der Waals surface area (Å²) in [6.07, 6.45) is 1.61. The van der Waals surface area contributed by atoms with E-state index in [0.29, 0.717) is 4.64 Å². The smallest absolute Gasteiger partial charge is 1.00 e. The molecule has 0 saturated heterocycles. The molecule has 0 radical (unpaired) electrons. The molecule has 0 fully saturated rings. The molecule has 0 atom stereocenters. The Balaban J connectivity index is 0.000000845. The Bertz CT molecular complexity index is 425. The largest absolute Gasteiger partial charge is 1.00 e. The minimum Gasteiger partial charge on any atom is -1.00 e. The van der Waals surface area contributed by atoms with Gasteiger partial charge in [-0.1, -0.05) is 30.4 Å². The van der Waals surface area contributed by atoms with Crippen LogP contribution in [0.4, 0.5) is 0 Å². The number of nitrogens with one attached hydrogen (secondary N) is 1. The first kappa shape index (κ1) is 10.7. The Morgan fingerprint density at radius 2 is 2.00 bits per heavy atom. The number of aromatic nitrogens is 3. The number of benzene rings is 1. The maximum atomic E-state index is 5.04. The summed E-state index contributed by atoms with van der Waals surface area (Å²) in [6, 6.07) is 9.81. The zero-order valence-corrected chi connectivity index (χ0v) is 10.1. The van der Waals surface area contributed by atoms with Crippen LogP contribution in [0.2, 0.25) is 0 Å². The molecule has 1 aromatic heterocycles. The van der Waals surface area contributed by atoms with E-state index in [0.717, 1.165) is 5.69 Å². The fourth-order valence-corrected chi connectivity index (χ4v) is 1.21. The molecule has 1 heterocycles. The van der Waals surface area contributed by atoms with E-state index in [1.807, 2.05) is 30.3 Å². The molecule has 0 spiro atoms. The van der Waals surface area contributed by atoms with Crippen molar-refractivity contribution in [2.24, 2.45) is 0 Å². The van der Waals surface area contributed by atoms with Crippen LogP contribution in [0.3, 0.4) is 0 Å². The van der Waals surface area contributed by atoms with Crippen LogP contribution >= 0.6 is 12.2 Å². The molecular weight excluding hydrogens is 193 g/mol. The van der Waals surface area contributed by atoms with Gasteiger partial charge in [0.15, 0.2) is 0 Å². The molecule has 0 aliphatic rings. The fraction of sp³-hybridized carbons (Fsp3) is 0. The third kappa shape index (κ3) is 2.28. The summed E-state index contributed by atoms with van der Waals surface area (Å²) < 4.78 is 2.43. The number of hydrogen-bond acceptors (Lipinski definition) is 2. The maximum Gasteiger partial charge on any atom is 1.00 e. The Kier molecular flexibility index (Phi) is 3.87. The molecular formula is C8H8N3NaS. The van der Waals surface area contributed by atoms with Gasteiger partial charge in [-0.3, -0.25) is 0 Å². The second-order valence-corrected chi connectivity index (χ2v) is 2.79. The van der Waals surface area contributed by atoms with E-state index in [-0.39, 0.29) is 31.0 Å². The molecule has 62 valence electrons. The Labute approximate surface area is 105 Å². The minimum atomic E-state index is 0. The predicted octanol–water partition coefficient (Wildman–Crippen LogP) is -0.954. The van der Waals surface area contributed by atoms with E-state index in [1.54, 1.807) is 10.9 Å². The van der Waals surface area contributed by atoms with Gasteiger partial charge < -0.3 is 1.43 Å². The van der Waals surface area contributed by atoms with Crippen molar-refractivity contribution in [3.05, 3.63) is 41.2 Å². The quantitative estimate of drug-likeness (QED) is 0.476. The van der Waals surface area contributed by atoms with Crippen LogP contribution < -0.4 is 29.6 Å². The van der Waals surface area contributed by atoms with Crippen molar-refractivity contribution >= 4 is 12.2 Å². The fourth-order valence-electron chi connectivity index (χ4n) is 1.01. The second kappa shape index (κ2) is 4.72. The Hall–Kier alpha value is -0.420.